The largest absolute Gasteiger partial charge is 0.321 e. The molecule has 30 heavy (non-hydrogen) atoms. The van der Waals surface area contributed by atoms with Gasteiger partial charge in [0, 0.05) is 16.0 Å². The normalized spacial score (nSPS) is 11.0. The zero-order valence-corrected chi connectivity index (χ0v) is 18.8. The molecule has 0 bridgehead atoms. The first kappa shape index (κ1) is 21.2. The Morgan fingerprint density at radius 3 is 2.27 bits per heavy atom. The van der Waals surface area contributed by atoms with E-state index in [-0.39, 0.29) is 16.0 Å². The molecule has 1 aromatic heterocycles. The number of anilines is 1. The smallest absolute Gasteiger partial charge is 0.256 e. The maximum atomic E-state index is 13.2. The summed E-state index contributed by atoms with van der Waals surface area (Å²) in [4.78, 5) is 17.8. The molecule has 0 fully saturated rings. The van der Waals surface area contributed by atoms with Gasteiger partial charge in [-0.05, 0) is 42.5 Å². The van der Waals surface area contributed by atoms with Crippen molar-refractivity contribution in [1.82, 2.24) is 4.98 Å². The molecule has 0 aliphatic rings. The van der Waals surface area contributed by atoms with Crippen molar-refractivity contribution in [2.24, 2.45) is 0 Å². The average Bonchev–Trinajstić information content (AvgIpc) is 2.71. The van der Waals surface area contributed by atoms with Crippen LogP contribution in [0, 0.1) is 0 Å². The second-order valence-electron chi connectivity index (χ2n) is 6.40. The highest BCUT2D eigenvalue weighted by atomic mass is 35.5. The lowest BCUT2D eigenvalue weighted by molar-refractivity contribution is 0.102. The van der Waals surface area contributed by atoms with Crippen LogP contribution in [0.15, 0.2) is 60.7 Å². The summed E-state index contributed by atoms with van der Waals surface area (Å²) in [6, 6.07) is 17.1. The number of benzene rings is 3. The van der Waals surface area contributed by atoms with E-state index in [2.05, 4.69) is 10.3 Å². The quantitative estimate of drug-likeness (QED) is 0.289. The van der Waals surface area contributed by atoms with Gasteiger partial charge in [-0.15, -0.1) is 0 Å². The minimum atomic E-state index is -0.375. The first-order valence-electron chi connectivity index (χ1n) is 8.64. The molecule has 8 heteroatoms. The van der Waals surface area contributed by atoms with Crippen molar-refractivity contribution in [1.29, 1.82) is 0 Å². The molecule has 1 heterocycles. The van der Waals surface area contributed by atoms with E-state index in [1.807, 2.05) is 24.3 Å². The highest BCUT2D eigenvalue weighted by molar-refractivity contribution is 6.44. The van der Waals surface area contributed by atoms with E-state index < -0.39 is 0 Å². The molecule has 0 radical (unpaired) electrons. The Kier molecular flexibility index (Phi) is 6.10. The molecule has 1 amide bonds. The highest BCUT2D eigenvalue weighted by Gasteiger charge is 2.17. The zero-order valence-electron chi connectivity index (χ0n) is 15.0. The van der Waals surface area contributed by atoms with Gasteiger partial charge >= 0.3 is 0 Å². The summed E-state index contributed by atoms with van der Waals surface area (Å²) in [6.07, 6.45) is 0. The Hall–Kier alpha value is -2.01. The summed E-state index contributed by atoms with van der Waals surface area (Å²) in [6.45, 7) is 0. The van der Waals surface area contributed by atoms with Crippen molar-refractivity contribution in [2.75, 3.05) is 5.32 Å². The molecular formula is C22H11Cl5N2O. The summed E-state index contributed by atoms with van der Waals surface area (Å²) < 4.78 is 0. The number of nitrogens with zero attached hydrogens (tertiary/aromatic N) is 1. The van der Waals surface area contributed by atoms with E-state index in [0.717, 1.165) is 0 Å². The number of amides is 1. The standard InChI is InChI=1S/C22H11Cl5N2O/c23-11-5-6-13(15(24)7-11)20-8-14(12-3-1-2-4-19(12)28-20)22(30)29-21-10-17(26)16(25)9-18(21)27/h1-10H,(H,29,30). The van der Waals surface area contributed by atoms with Crippen LogP contribution in [0.3, 0.4) is 0 Å². The van der Waals surface area contributed by atoms with Crippen LogP contribution in [-0.2, 0) is 0 Å². The lowest BCUT2D eigenvalue weighted by Crippen LogP contribution is -2.13. The number of fused-ring (bicyclic) bond motifs is 1. The number of nitrogens with one attached hydrogen (secondary N) is 1. The van der Waals surface area contributed by atoms with Crippen LogP contribution in [0.4, 0.5) is 5.69 Å². The van der Waals surface area contributed by atoms with E-state index in [1.165, 1.54) is 12.1 Å². The molecule has 1 N–H and O–H groups in total. The second kappa shape index (κ2) is 8.62. The maximum Gasteiger partial charge on any atom is 0.256 e. The minimum Gasteiger partial charge on any atom is -0.321 e. The number of para-hydroxylation sites is 1. The summed E-state index contributed by atoms with van der Waals surface area (Å²) >= 11 is 30.6. The van der Waals surface area contributed by atoms with E-state index >= 15 is 0 Å². The third-order valence-electron chi connectivity index (χ3n) is 4.43. The zero-order chi connectivity index (χ0) is 21.4. The topological polar surface area (TPSA) is 42.0 Å². The van der Waals surface area contributed by atoms with Crippen molar-refractivity contribution in [2.45, 2.75) is 0 Å². The fraction of sp³-hybridized carbons (Fsp3) is 0. The molecule has 0 unspecified atom stereocenters. The molecule has 0 saturated heterocycles. The molecule has 0 spiro atoms. The molecule has 0 aliphatic heterocycles. The number of carbonyl (C=O) groups is 1. The summed E-state index contributed by atoms with van der Waals surface area (Å²) in [5, 5.41) is 5.28. The van der Waals surface area contributed by atoms with Gasteiger partial charge in [-0.3, -0.25) is 4.79 Å². The molecule has 3 nitrogen and oxygen atoms in total. The number of pyridine rings is 1. The third kappa shape index (κ3) is 4.22. The third-order valence-corrected chi connectivity index (χ3v) is 6.01. The second-order valence-corrected chi connectivity index (χ2v) is 8.46. The van der Waals surface area contributed by atoms with Crippen LogP contribution >= 0.6 is 58.0 Å². The predicted molar refractivity (Wildman–Crippen MR) is 127 cm³/mol. The fourth-order valence-electron chi connectivity index (χ4n) is 3.01. The SMILES string of the molecule is O=C(Nc1cc(Cl)c(Cl)cc1Cl)c1cc(-c2ccc(Cl)cc2Cl)nc2ccccc12. The van der Waals surface area contributed by atoms with Crippen LogP contribution in [0.2, 0.25) is 25.1 Å². The molecule has 3 aromatic carbocycles. The van der Waals surface area contributed by atoms with Crippen LogP contribution in [0.1, 0.15) is 10.4 Å². The van der Waals surface area contributed by atoms with Crippen molar-refractivity contribution in [3.63, 3.8) is 0 Å². The van der Waals surface area contributed by atoms with Gasteiger partial charge in [0.25, 0.3) is 5.91 Å². The van der Waals surface area contributed by atoms with Crippen molar-refractivity contribution < 1.29 is 4.79 Å². The van der Waals surface area contributed by atoms with Gasteiger partial charge in [-0.25, -0.2) is 4.98 Å². The summed E-state index contributed by atoms with van der Waals surface area (Å²) in [7, 11) is 0. The highest BCUT2D eigenvalue weighted by Crippen LogP contribution is 2.34. The lowest BCUT2D eigenvalue weighted by Gasteiger charge is -2.13. The average molecular weight is 497 g/mol. The molecule has 4 rings (SSSR count). The molecular weight excluding hydrogens is 486 g/mol. The number of halogens is 5. The van der Waals surface area contributed by atoms with Gasteiger partial charge in [-0.2, -0.15) is 0 Å². The Morgan fingerprint density at radius 1 is 0.767 bits per heavy atom. The van der Waals surface area contributed by atoms with E-state index in [0.29, 0.717) is 48.5 Å². The monoisotopic (exact) mass is 494 g/mol. The fourth-order valence-corrected chi connectivity index (χ4v) is 4.11. The number of hydrogen-bond acceptors (Lipinski definition) is 2. The van der Waals surface area contributed by atoms with Crippen molar-refractivity contribution in [3.05, 3.63) is 91.3 Å². The van der Waals surface area contributed by atoms with E-state index in [9.17, 15) is 4.79 Å². The van der Waals surface area contributed by atoms with Crippen molar-refractivity contribution >= 4 is 80.5 Å². The summed E-state index contributed by atoms with van der Waals surface area (Å²) in [5.74, 6) is -0.375. The first-order chi connectivity index (χ1) is 14.3. The summed E-state index contributed by atoms with van der Waals surface area (Å²) in [5.41, 5.74) is 2.60. The predicted octanol–water partition coefficient (Wildman–Crippen LogP) is 8.42. The number of carbonyl (C=O) groups excluding carboxylic acids is 1. The van der Waals surface area contributed by atoms with Gasteiger partial charge in [0.2, 0.25) is 0 Å². The van der Waals surface area contributed by atoms with Crippen LogP contribution < -0.4 is 5.32 Å². The molecule has 4 aromatic rings. The van der Waals surface area contributed by atoms with Crippen LogP contribution in [0.25, 0.3) is 22.2 Å². The van der Waals surface area contributed by atoms with Gasteiger partial charge in [-0.1, -0.05) is 76.2 Å². The minimum absolute atomic E-state index is 0.275. The number of aromatic nitrogens is 1. The van der Waals surface area contributed by atoms with E-state index in [1.54, 1.807) is 24.3 Å². The number of hydrogen-bond donors (Lipinski definition) is 1. The Labute approximate surface area is 197 Å². The van der Waals surface area contributed by atoms with Gasteiger partial charge in [0.05, 0.1) is 42.6 Å². The van der Waals surface area contributed by atoms with Gasteiger partial charge in [0.1, 0.15) is 0 Å². The first-order valence-corrected chi connectivity index (χ1v) is 10.5. The lowest BCUT2D eigenvalue weighted by atomic mass is 10.0. The van der Waals surface area contributed by atoms with Gasteiger partial charge < -0.3 is 5.32 Å². The van der Waals surface area contributed by atoms with Crippen LogP contribution in [-0.4, -0.2) is 10.9 Å². The Bertz CT molecular complexity index is 1310. The molecule has 0 aliphatic carbocycles. The van der Waals surface area contributed by atoms with Crippen LogP contribution in [0.5, 0.6) is 0 Å². The van der Waals surface area contributed by atoms with E-state index in [4.69, 9.17) is 58.0 Å². The molecule has 0 saturated carbocycles. The Morgan fingerprint density at radius 2 is 1.50 bits per heavy atom. The maximum absolute atomic E-state index is 13.2. The molecule has 0 atom stereocenters. The number of rotatable bonds is 3. The van der Waals surface area contributed by atoms with Crippen molar-refractivity contribution in [3.8, 4) is 11.3 Å². The Balaban J connectivity index is 1.83. The molecule has 150 valence electrons. The van der Waals surface area contributed by atoms with Gasteiger partial charge in [0.15, 0.2) is 0 Å².